The number of rotatable bonds is 51. The van der Waals surface area contributed by atoms with Crippen LogP contribution in [-0.2, 0) is 5.11 Å². The van der Waals surface area contributed by atoms with Gasteiger partial charge < -0.3 is 0 Å². The minimum atomic E-state index is -0.637. The SMILES string of the molecule is CCCCCCCCCCCCCCCCCCC([O])(CCCCCCCCCCCCCCCCCC)CCCCCCCCCCCCCCCCCC. The third-order valence-electron chi connectivity index (χ3n) is 13.5. The van der Waals surface area contributed by atoms with Gasteiger partial charge >= 0.3 is 0 Å². The van der Waals surface area contributed by atoms with Gasteiger partial charge in [-0.3, -0.25) is 0 Å². The molecule has 337 valence electrons. The predicted molar refractivity (Wildman–Crippen MR) is 256 cm³/mol. The van der Waals surface area contributed by atoms with E-state index < -0.39 is 5.60 Å². The second-order valence-corrected chi connectivity index (χ2v) is 19.3. The number of unbranched alkanes of at least 4 members (excludes halogenated alkanes) is 45. The van der Waals surface area contributed by atoms with Crippen LogP contribution in [0, 0.1) is 0 Å². The summed E-state index contributed by atoms with van der Waals surface area (Å²) in [6.07, 6.45) is 70.3. The van der Waals surface area contributed by atoms with E-state index in [0.717, 1.165) is 19.3 Å². The maximum atomic E-state index is 14.1. The molecule has 56 heavy (non-hydrogen) atoms. The summed E-state index contributed by atoms with van der Waals surface area (Å²) < 4.78 is 0. The summed E-state index contributed by atoms with van der Waals surface area (Å²) in [7, 11) is 0. The van der Waals surface area contributed by atoms with E-state index in [1.807, 2.05) is 0 Å². The van der Waals surface area contributed by atoms with Gasteiger partial charge in [-0.2, -0.15) is 0 Å². The Kier molecular flexibility index (Phi) is 49.3. The molecular formula is C55H111O. The standard InChI is InChI=1S/C55H111O/c1-4-7-10-13-16-19-22-25-28-31-34-37-40-43-46-49-52-55(56,53-50-47-44-41-38-35-32-29-26-23-20-17-14-11-8-5-2)54-51-48-45-42-39-36-33-30-27-24-21-18-15-12-9-6-3/h4-54H2,1-3H3. The minimum Gasteiger partial charge on any atom is -0.229 e. The molecule has 0 aromatic carbocycles. The highest BCUT2D eigenvalue weighted by Crippen LogP contribution is 2.30. The number of hydrogen-bond acceptors (Lipinski definition) is 0. The van der Waals surface area contributed by atoms with E-state index in [9.17, 15) is 5.11 Å². The van der Waals surface area contributed by atoms with Gasteiger partial charge in [0.15, 0.2) is 0 Å². The average molecular weight is 788 g/mol. The van der Waals surface area contributed by atoms with Gasteiger partial charge in [0.05, 0.1) is 0 Å². The summed E-state index contributed by atoms with van der Waals surface area (Å²) in [5.41, 5.74) is -0.637. The van der Waals surface area contributed by atoms with E-state index in [2.05, 4.69) is 20.8 Å². The lowest BCUT2D eigenvalue weighted by Crippen LogP contribution is -2.27. The summed E-state index contributed by atoms with van der Waals surface area (Å²) in [6.45, 7) is 6.93. The molecule has 0 fully saturated rings. The van der Waals surface area contributed by atoms with Gasteiger partial charge in [-0.1, -0.05) is 329 Å². The summed E-state index contributed by atoms with van der Waals surface area (Å²) in [5, 5.41) is 14.1. The van der Waals surface area contributed by atoms with Crippen molar-refractivity contribution < 1.29 is 5.11 Å². The van der Waals surface area contributed by atoms with Crippen LogP contribution in [0.3, 0.4) is 0 Å². The zero-order chi connectivity index (χ0) is 40.6. The van der Waals surface area contributed by atoms with Crippen molar-refractivity contribution in [3.63, 3.8) is 0 Å². The van der Waals surface area contributed by atoms with Crippen LogP contribution in [0.4, 0.5) is 0 Å². The first kappa shape index (κ1) is 56.0. The zero-order valence-electron chi connectivity index (χ0n) is 40.0. The van der Waals surface area contributed by atoms with E-state index in [0.29, 0.717) is 0 Å². The minimum absolute atomic E-state index is 0.637. The molecule has 0 amide bonds. The molecule has 0 rings (SSSR count). The number of hydrogen-bond donors (Lipinski definition) is 0. The monoisotopic (exact) mass is 788 g/mol. The van der Waals surface area contributed by atoms with Crippen LogP contribution in [-0.4, -0.2) is 5.60 Å². The van der Waals surface area contributed by atoms with Crippen molar-refractivity contribution in [2.75, 3.05) is 0 Å². The van der Waals surface area contributed by atoms with Crippen LogP contribution in [0.15, 0.2) is 0 Å². The van der Waals surface area contributed by atoms with E-state index in [-0.39, 0.29) is 0 Å². The summed E-state index contributed by atoms with van der Waals surface area (Å²) in [5.74, 6) is 0. The van der Waals surface area contributed by atoms with Gasteiger partial charge in [-0.15, -0.1) is 0 Å². The zero-order valence-corrected chi connectivity index (χ0v) is 40.0. The summed E-state index contributed by atoms with van der Waals surface area (Å²) in [4.78, 5) is 0. The molecule has 1 heteroatoms. The van der Waals surface area contributed by atoms with E-state index in [4.69, 9.17) is 0 Å². The Morgan fingerprint density at radius 3 is 0.411 bits per heavy atom. The first-order valence-corrected chi connectivity index (χ1v) is 27.4. The first-order chi connectivity index (χ1) is 27.7. The van der Waals surface area contributed by atoms with Crippen LogP contribution < -0.4 is 0 Å². The Morgan fingerprint density at radius 2 is 0.286 bits per heavy atom. The van der Waals surface area contributed by atoms with Gasteiger partial charge in [0.25, 0.3) is 0 Å². The highest BCUT2D eigenvalue weighted by Gasteiger charge is 2.27. The Bertz CT molecular complexity index is 582. The van der Waals surface area contributed by atoms with Gasteiger partial charge in [0, 0.05) is 0 Å². The lowest BCUT2D eigenvalue weighted by Gasteiger charge is -2.26. The average Bonchev–Trinajstić information content (AvgIpc) is 3.20. The molecule has 0 aromatic rings. The Balaban J connectivity index is 4.08. The van der Waals surface area contributed by atoms with E-state index >= 15 is 0 Å². The lowest BCUT2D eigenvalue weighted by molar-refractivity contribution is -0.0558. The van der Waals surface area contributed by atoms with Gasteiger partial charge in [-0.05, 0) is 19.3 Å². The molecule has 0 saturated heterocycles. The Labute approximate surface area is 357 Å². The Hall–Kier alpha value is -0.0400. The van der Waals surface area contributed by atoms with Crippen molar-refractivity contribution in [1.82, 2.24) is 0 Å². The molecule has 1 radical (unpaired) electrons. The fraction of sp³-hybridized carbons (Fsp3) is 1.00. The molecule has 0 atom stereocenters. The quantitative estimate of drug-likeness (QED) is 0.0547. The molecule has 0 spiro atoms. The molecule has 0 saturated carbocycles. The molecule has 0 heterocycles. The molecule has 0 aliphatic carbocycles. The third-order valence-corrected chi connectivity index (χ3v) is 13.5. The highest BCUT2D eigenvalue weighted by molar-refractivity contribution is 4.78. The summed E-state index contributed by atoms with van der Waals surface area (Å²) >= 11 is 0. The smallest absolute Gasteiger partial charge is 0.104 e. The molecule has 0 aromatic heterocycles. The fourth-order valence-corrected chi connectivity index (χ4v) is 9.36. The van der Waals surface area contributed by atoms with Crippen molar-refractivity contribution in [2.24, 2.45) is 0 Å². The van der Waals surface area contributed by atoms with Crippen LogP contribution in [0.1, 0.15) is 348 Å². The van der Waals surface area contributed by atoms with Crippen LogP contribution >= 0.6 is 0 Å². The van der Waals surface area contributed by atoms with Crippen molar-refractivity contribution in [3.05, 3.63) is 0 Å². The topological polar surface area (TPSA) is 19.9 Å². The highest BCUT2D eigenvalue weighted by atomic mass is 16.3. The van der Waals surface area contributed by atoms with Crippen molar-refractivity contribution in [2.45, 2.75) is 354 Å². The van der Waals surface area contributed by atoms with Crippen molar-refractivity contribution >= 4 is 0 Å². The van der Waals surface area contributed by atoms with Crippen LogP contribution in [0.2, 0.25) is 0 Å². The van der Waals surface area contributed by atoms with Crippen molar-refractivity contribution in [3.8, 4) is 0 Å². The molecule has 1 nitrogen and oxygen atoms in total. The third kappa shape index (κ3) is 46.6. The first-order valence-electron chi connectivity index (χ1n) is 27.4. The largest absolute Gasteiger partial charge is 0.229 e. The van der Waals surface area contributed by atoms with Gasteiger partial charge in [-0.25, -0.2) is 5.11 Å². The molecule has 0 aliphatic heterocycles. The summed E-state index contributed by atoms with van der Waals surface area (Å²) in [6, 6.07) is 0. The maximum Gasteiger partial charge on any atom is 0.104 e. The second kappa shape index (κ2) is 49.3. The Morgan fingerprint density at radius 1 is 0.179 bits per heavy atom. The second-order valence-electron chi connectivity index (χ2n) is 19.3. The van der Waals surface area contributed by atoms with Crippen LogP contribution in [0.25, 0.3) is 0 Å². The van der Waals surface area contributed by atoms with Crippen LogP contribution in [0.5, 0.6) is 0 Å². The molecule has 0 unspecified atom stereocenters. The van der Waals surface area contributed by atoms with E-state index in [1.165, 1.54) is 308 Å². The van der Waals surface area contributed by atoms with E-state index in [1.54, 1.807) is 0 Å². The van der Waals surface area contributed by atoms with Gasteiger partial charge in [0.2, 0.25) is 0 Å². The maximum absolute atomic E-state index is 14.1. The fourth-order valence-electron chi connectivity index (χ4n) is 9.36. The molecular weight excluding hydrogens is 677 g/mol. The lowest BCUT2D eigenvalue weighted by atomic mass is 9.85. The normalized spacial score (nSPS) is 12.0. The van der Waals surface area contributed by atoms with Crippen molar-refractivity contribution in [1.29, 1.82) is 0 Å². The molecule has 0 N–H and O–H groups in total. The predicted octanol–water partition coefficient (Wildman–Crippen LogP) is 21.1. The van der Waals surface area contributed by atoms with Gasteiger partial charge in [0.1, 0.15) is 5.60 Å². The molecule has 0 aliphatic rings. The molecule has 0 bridgehead atoms.